The van der Waals surface area contributed by atoms with Gasteiger partial charge in [0.2, 0.25) is 0 Å². The van der Waals surface area contributed by atoms with Gasteiger partial charge in [-0.25, -0.2) is 9.97 Å². The van der Waals surface area contributed by atoms with Crippen LogP contribution in [0, 0.1) is 0 Å². The van der Waals surface area contributed by atoms with Crippen LogP contribution in [0.4, 0.5) is 5.82 Å². The molecular weight excluding hydrogens is 326 g/mol. The quantitative estimate of drug-likeness (QED) is 0.581. The third-order valence-electron chi connectivity index (χ3n) is 4.38. The molecule has 0 aliphatic rings. The maximum atomic E-state index is 9.20. The van der Waals surface area contributed by atoms with Crippen LogP contribution in [0.5, 0.6) is 0 Å². The van der Waals surface area contributed by atoms with Crippen LogP contribution < -0.4 is 4.90 Å². The minimum Gasteiger partial charge on any atom is -0.392 e. The van der Waals surface area contributed by atoms with Crippen molar-refractivity contribution in [1.82, 2.24) is 19.9 Å². The lowest BCUT2D eigenvalue weighted by atomic mass is 10.1. The number of benzene rings is 1. The van der Waals surface area contributed by atoms with Gasteiger partial charge >= 0.3 is 0 Å². The number of rotatable bonds is 5. The van der Waals surface area contributed by atoms with Crippen molar-refractivity contribution in [3.8, 4) is 11.3 Å². The smallest absolute Gasteiger partial charge is 0.143 e. The second kappa shape index (κ2) is 6.93. The minimum absolute atomic E-state index is 0.0441. The highest BCUT2D eigenvalue weighted by Gasteiger charge is 2.13. The molecule has 6 nitrogen and oxygen atoms in total. The van der Waals surface area contributed by atoms with E-state index in [9.17, 15) is 5.11 Å². The molecule has 4 rings (SSSR count). The Morgan fingerprint density at radius 1 is 1.00 bits per heavy atom. The van der Waals surface area contributed by atoms with Crippen LogP contribution in [0.3, 0.4) is 0 Å². The molecule has 0 saturated heterocycles. The van der Waals surface area contributed by atoms with E-state index in [-0.39, 0.29) is 6.61 Å². The van der Waals surface area contributed by atoms with Gasteiger partial charge in [0.15, 0.2) is 0 Å². The number of hydrogen-bond donors (Lipinski definition) is 2. The van der Waals surface area contributed by atoms with Crippen molar-refractivity contribution < 1.29 is 5.11 Å². The van der Waals surface area contributed by atoms with Crippen molar-refractivity contribution in [2.45, 2.75) is 13.2 Å². The fourth-order valence-electron chi connectivity index (χ4n) is 3.01. The number of nitrogens with one attached hydrogen (secondary N) is 1. The molecule has 1 aromatic carbocycles. The highest BCUT2D eigenvalue weighted by Crippen LogP contribution is 2.29. The lowest BCUT2D eigenvalue weighted by Gasteiger charge is -2.18. The normalized spacial score (nSPS) is 11.0. The molecule has 0 amide bonds. The standard InChI is InChI=1S/C20H19N5O/c1-25(11-14-6-8-21-9-7-14)20-17-10-18(24-19(17)22-13-23-20)16-4-2-15(12-26)3-5-16/h2-10,13,26H,11-12H2,1H3,(H,22,23,24). The summed E-state index contributed by atoms with van der Waals surface area (Å²) in [6, 6.07) is 13.9. The summed E-state index contributed by atoms with van der Waals surface area (Å²) in [7, 11) is 2.02. The Morgan fingerprint density at radius 3 is 2.50 bits per heavy atom. The van der Waals surface area contributed by atoms with Gasteiger partial charge < -0.3 is 15.0 Å². The van der Waals surface area contributed by atoms with Gasteiger partial charge in [0.25, 0.3) is 0 Å². The molecule has 26 heavy (non-hydrogen) atoms. The van der Waals surface area contributed by atoms with Crippen molar-refractivity contribution in [2.75, 3.05) is 11.9 Å². The van der Waals surface area contributed by atoms with Crippen LogP contribution in [0.15, 0.2) is 61.2 Å². The molecule has 0 bridgehead atoms. The Morgan fingerprint density at radius 2 is 1.77 bits per heavy atom. The van der Waals surface area contributed by atoms with Crippen molar-refractivity contribution in [2.24, 2.45) is 0 Å². The molecular formula is C20H19N5O. The van der Waals surface area contributed by atoms with Gasteiger partial charge in [0, 0.05) is 31.7 Å². The summed E-state index contributed by atoms with van der Waals surface area (Å²) in [6.45, 7) is 0.781. The molecule has 0 unspecified atom stereocenters. The lowest BCUT2D eigenvalue weighted by molar-refractivity contribution is 0.282. The predicted octanol–water partition coefficient (Wildman–Crippen LogP) is 3.15. The Kier molecular flexibility index (Phi) is 4.33. The van der Waals surface area contributed by atoms with E-state index in [0.717, 1.165) is 40.2 Å². The Bertz CT molecular complexity index is 1010. The molecule has 0 saturated carbocycles. The van der Waals surface area contributed by atoms with Crippen LogP contribution in [0.1, 0.15) is 11.1 Å². The first kappa shape index (κ1) is 16.2. The third kappa shape index (κ3) is 3.14. The first-order chi connectivity index (χ1) is 12.7. The number of hydrogen-bond acceptors (Lipinski definition) is 5. The summed E-state index contributed by atoms with van der Waals surface area (Å²) < 4.78 is 0. The van der Waals surface area contributed by atoms with Gasteiger partial charge in [0.05, 0.1) is 12.0 Å². The Hall–Kier alpha value is -3.25. The highest BCUT2D eigenvalue weighted by molar-refractivity contribution is 5.91. The van der Waals surface area contributed by atoms with Crippen molar-refractivity contribution in [1.29, 1.82) is 0 Å². The molecule has 3 heterocycles. The zero-order chi connectivity index (χ0) is 17.9. The Labute approximate surface area is 151 Å². The molecule has 3 aromatic heterocycles. The summed E-state index contributed by atoms with van der Waals surface area (Å²) in [4.78, 5) is 18.4. The van der Waals surface area contributed by atoms with E-state index < -0.39 is 0 Å². The number of H-pyrrole nitrogens is 1. The summed E-state index contributed by atoms with van der Waals surface area (Å²) in [5.41, 5.74) is 4.89. The molecule has 130 valence electrons. The average molecular weight is 345 g/mol. The number of pyridine rings is 1. The fraction of sp³-hybridized carbons (Fsp3) is 0.150. The SMILES string of the molecule is CN(Cc1ccncc1)c1ncnc2[nH]c(-c3ccc(CO)cc3)cc12. The minimum atomic E-state index is 0.0441. The first-order valence-electron chi connectivity index (χ1n) is 8.38. The molecule has 0 aliphatic heterocycles. The maximum absolute atomic E-state index is 9.20. The number of anilines is 1. The zero-order valence-corrected chi connectivity index (χ0v) is 14.4. The second-order valence-electron chi connectivity index (χ2n) is 6.21. The van der Waals surface area contributed by atoms with E-state index in [2.05, 4.69) is 30.9 Å². The van der Waals surface area contributed by atoms with E-state index in [0.29, 0.717) is 0 Å². The third-order valence-corrected chi connectivity index (χ3v) is 4.38. The topological polar surface area (TPSA) is 77.9 Å². The first-order valence-corrected chi connectivity index (χ1v) is 8.38. The molecule has 2 N–H and O–H groups in total. The van der Waals surface area contributed by atoms with E-state index >= 15 is 0 Å². The van der Waals surface area contributed by atoms with Crippen molar-refractivity contribution >= 4 is 16.9 Å². The van der Waals surface area contributed by atoms with Crippen LogP contribution >= 0.6 is 0 Å². The predicted molar refractivity (Wildman–Crippen MR) is 102 cm³/mol. The summed E-state index contributed by atoms with van der Waals surface area (Å²) in [6.07, 6.45) is 5.17. The number of aromatic nitrogens is 4. The van der Waals surface area contributed by atoms with Crippen LogP contribution in [-0.4, -0.2) is 32.1 Å². The van der Waals surface area contributed by atoms with Gasteiger partial charge in [0.1, 0.15) is 17.8 Å². The van der Waals surface area contributed by atoms with Crippen molar-refractivity contribution in [3.05, 3.63) is 72.3 Å². The lowest BCUT2D eigenvalue weighted by Crippen LogP contribution is -2.18. The average Bonchev–Trinajstić information content (AvgIpc) is 3.13. The second-order valence-corrected chi connectivity index (χ2v) is 6.21. The zero-order valence-electron chi connectivity index (χ0n) is 14.4. The van der Waals surface area contributed by atoms with E-state index in [1.165, 1.54) is 5.56 Å². The number of nitrogens with zero attached hydrogens (tertiary/aromatic N) is 4. The molecule has 0 fully saturated rings. The molecule has 0 radical (unpaired) electrons. The largest absolute Gasteiger partial charge is 0.392 e. The molecule has 6 heteroatoms. The van der Waals surface area contributed by atoms with E-state index in [1.807, 2.05) is 43.4 Å². The van der Waals surface area contributed by atoms with Gasteiger partial charge in [-0.15, -0.1) is 0 Å². The molecule has 0 spiro atoms. The highest BCUT2D eigenvalue weighted by atomic mass is 16.3. The summed E-state index contributed by atoms with van der Waals surface area (Å²) in [5, 5.41) is 10.2. The number of aromatic amines is 1. The monoisotopic (exact) mass is 345 g/mol. The summed E-state index contributed by atoms with van der Waals surface area (Å²) in [5.74, 6) is 0.876. The van der Waals surface area contributed by atoms with Gasteiger partial charge in [-0.2, -0.15) is 0 Å². The van der Waals surface area contributed by atoms with Gasteiger partial charge in [-0.3, -0.25) is 4.98 Å². The molecule has 0 aliphatic carbocycles. The van der Waals surface area contributed by atoms with Gasteiger partial charge in [-0.05, 0) is 34.9 Å². The number of fused-ring (bicyclic) bond motifs is 1. The van der Waals surface area contributed by atoms with E-state index in [4.69, 9.17) is 0 Å². The maximum Gasteiger partial charge on any atom is 0.143 e. The van der Waals surface area contributed by atoms with Crippen LogP contribution in [0.25, 0.3) is 22.3 Å². The summed E-state index contributed by atoms with van der Waals surface area (Å²) >= 11 is 0. The fourth-order valence-corrected chi connectivity index (χ4v) is 3.01. The number of aliphatic hydroxyl groups is 1. The Balaban J connectivity index is 1.68. The van der Waals surface area contributed by atoms with E-state index in [1.54, 1.807) is 18.7 Å². The van der Waals surface area contributed by atoms with Crippen LogP contribution in [-0.2, 0) is 13.2 Å². The van der Waals surface area contributed by atoms with Crippen molar-refractivity contribution in [3.63, 3.8) is 0 Å². The van der Waals surface area contributed by atoms with Gasteiger partial charge in [-0.1, -0.05) is 24.3 Å². The number of aliphatic hydroxyl groups excluding tert-OH is 1. The molecule has 4 aromatic rings. The van der Waals surface area contributed by atoms with Crippen LogP contribution in [0.2, 0.25) is 0 Å². The molecule has 0 atom stereocenters.